The molecule has 10 heteroatoms. The topological polar surface area (TPSA) is 86.8 Å². The molecule has 0 unspecified atom stereocenters. The second-order valence-electron chi connectivity index (χ2n) is 7.90. The highest BCUT2D eigenvalue weighted by Gasteiger charge is 2.33. The van der Waals surface area contributed by atoms with Gasteiger partial charge in [0.1, 0.15) is 6.04 Å². The van der Waals surface area contributed by atoms with Gasteiger partial charge in [-0.05, 0) is 48.6 Å². The molecular formula is C22H24ClN3O4S2. The zero-order valence-corrected chi connectivity index (χ0v) is 19.8. The van der Waals surface area contributed by atoms with Crippen LogP contribution in [0.4, 0.5) is 0 Å². The van der Waals surface area contributed by atoms with Crippen molar-refractivity contribution in [3.63, 3.8) is 0 Å². The van der Waals surface area contributed by atoms with Crippen molar-refractivity contribution in [2.75, 3.05) is 19.6 Å². The molecule has 2 amide bonds. The number of carbonyl (C=O) groups is 2. The Morgan fingerprint density at radius 2 is 1.97 bits per heavy atom. The van der Waals surface area contributed by atoms with Gasteiger partial charge in [-0.1, -0.05) is 35.9 Å². The second kappa shape index (κ2) is 9.74. The molecule has 1 aromatic heterocycles. The minimum Gasteiger partial charge on any atom is -0.336 e. The summed E-state index contributed by atoms with van der Waals surface area (Å²) < 4.78 is 27.9. The fourth-order valence-corrected chi connectivity index (χ4v) is 6.06. The van der Waals surface area contributed by atoms with Crippen molar-refractivity contribution in [2.45, 2.75) is 31.8 Å². The van der Waals surface area contributed by atoms with Gasteiger partial charge >= 0.3 is 0 Å². The van der Waals surface area contributed by atoms with Gasteiger partial charge in [-0.2, -0.15) is 4.72 Å². The standard InChI is InChI=1S/C22H24ClN3O4S2/c23-20-8-7-18(31-20)10-13-32(29,30)24-19-6-3-11-26(22(19)28)15-21(27)25-12-9-16-4-1-2-5-17(16)14-25/h1-2,4-5,7-8,10,13,19,24H,3,6,9,11-12,14-15H2/b13-10+/t19-/m0/s1. The number of nitrogens with zero attached hydrogens (tertiary/aromatic N) is 2. The molecule has 3 heterocycles. The average Bonchev–Trinajstić information content (AvgIpc) is 3.20. The number of hydrogen-bond acceptors (Lipinski definition) is 5. The number of piperidine rings is 1. The summed E-state index contributed by atoms with van der Waals surface area (Å²) in [6, 6.07) is 10.6. The lowest BCUT2D eigenvalue weighted by atomic mass is 10.00. The first-order valence-electron chi connectivity index (χ1n) is 10.4. The molecule has 7 nitrogen and oxygen atoms in total. The normalized spacial score (nSPS) is 19.4. The van der Waals surface area contributed by atoms with Gasteiger partial charge in [0.25, 0.3) is 0 Å². The van der Waals surface area contributed by atoms with E-state index in [2.05, 4.69) is 10.8 Å². The van der Waals surface area contributed by atoms with E-state index in [1.54, 1.807) is 17.0 Å². The monoisotopic (exact) mass is 493 g/mol. The Hall–Kier alpha value is -2.20. The lowest BCUT2D eigenvalue weighted by Crippen LogP contribution is -2.54. The predicted molar refractivity (Wildman–Crippen MR) is 126 cm³/mol. The summed E-state index contributed by atoms with van der Waals surface area (Å²) in [7, 11) is -3.82. The molecule has 4 rings (SSSR count). The number of amides is 2. The summed E-state index contributed by atoms with van der Waals surface area (Å²) in [6.45, 7) is 1.55. The number of benzene rings is 1. The first-order chi connectivity index (χ1) is 15.3. The number of carbonyl (C=O) groups excluding carboxylic acids is 2. The van der Waals surface area contributed by atoms with E-state index in [0.717, 1.165) is 17.4 Å². The first-order valence-corrected chi connectivity index (χ1v) is 13.1. The molecule has 2 aromatic rings. The van der Waals surface area contributed by atoms with Crippen LogP contribution in [0.2, 0.25) is 4.34 Å². The van der Waals surface area contributed by atoms with Crippen molar-refractivity contribution in [1.82, 2.24) is 14.5 Å². The SMILES string of the molecule is O=C(CN1CCC[C@H](NS(=O)(=O)/C=C/c2ccc(Cl)s2)C1=O)N1CCc2ccccc2C1. The summed E-state index contributed by atoms with van der Waals surface area (Å²) in [5.74, 6) is -0.482. The smallest absolute Gasteiger partial charge is 0.242 e. The van der Waals surface area contributed by atoms with Gasteiger partial charge in [0.05, 0.1) is 10.9 Å². The highest BCUT2D eigenvalue weighted by atomic mass is 35.5. The Balaban J connectivity index is 1.35. The molecule has 1 aromatic carbocycles. The van der Waals surface area contributed by atoms with Crippen molar-refractivity contribution in [3.05, 3.63) is 62.1 Å². The molecule has 1 fully saturated rings. The number of nitrogens with one attached hydrogen (secondary N) is 1. The Morgan fingerprint density at radius 1 is 1.19 bits per heavy atom. The van der Waals surface area contributed by atoms with E-state index < -0.39 is 16.1 Å². The van der Waals surface area contributed by atoms with E-state index in [4.69, 9.17) is 11.6 Å². The van der Waals surface area contributed by atoms with E-state index in [-0.39, 0.29) is 18.4 Å². The predicted octanol–water partition coefficient (Wildman–Crippen LogP) is 2.87. The number of halogens is 1. The van der Waals surface area contributed by atoms with Crippen LogP contribution in [-0.2, 0) is 32.6 Å². The summed E-state index contributed by atoms with van der Waals surface area (Å²) in [6.07, 6.45) is 3.26. The van der Waals surface area contributed by atoms with Crippen molar-refractivity contribution < 1.29 is 18.0 Å². The van der Waals surface area contributed by atoms with Crippen molar-refractivity contribution in [1.29, 1.82) is 0 Å². The molecule has 0 bridgehead atoms. The van der Waals surface area contributed by atoms with E-state index in [1.807, 2.05) is 18.2 Å². The van der Waals surface area contributed by atoms with Gasteiger partial charge in [0, 0.05) is 29.9 Å². The summed E-state index contributed by atoms with van der Waals surface area (Å²) >= 11 is 7.12. The van der Waals surface area contributed by atoms with Crippen LogP contribution >= 0.6 is 22.9 Å². The average molecular weight is 494 g/mol. The zero-order valence-electron chi connectivity index (χ0n) is 17.4. The van der Waals surface area contributed by atoms with Crippen LogP contribution in [0.1, 0.15) is 28.8 Å². The van der Waals surface area contributed by atoms with Gasteiger partial charge < -0.3 is 9.80 Å². The summed E-state index contributed by atoms with van der Waals surface area (Å²) in [4.78, 5) is 29.7. The van der Waals surface area contributed by atoms with Crippen LogP contribution in [0.15, 0.2) is 41.8 Å². The van der Waals surface area contributed by atoms with Gasteiger partial charge in [-0.15, -0.1) is 11.3 Å². The number of sulfonamides is 1. The maximum absolute atomic E-state index is 12.9. The molecule has 1 atom stereocenters. The maximum atomic E-state index is 12.9. The van der Waals surface area contributed by atoms with Crippen LogP contribution < -0.4 is 4.72 Å². The largest absolute Gasteiger partial charge is 0.336 e. The third-order valence-electron chi connectivity index (χ3n) is 5.65. The van der Waals surface area contributed by atoms with Crippen molar-refractivity contribution in [2.24, 2.45) is 0 Å². The molecular weight excluding hydrogens is 470 g/mol. The number of hydrogen-bond donors (Lipinski definition) is 1. The minimum atomic E-state index is -3.82. The minimum absolute atomic E-state index is 0.0389. The van der Waals surface area contributed by atoms with Crippen molar-refractivity contribution in [3.8, 4) is 0 Å². The molecule has 2 aliphatic heterocycles. The van der Waals surface area contributed by atoms with Gasteiger partial charge in [-0.3, -0.25) is 9.59 Å². The van der Waals surface area contributed by atoms with Gasteiger partial charge in [-0.25, -0.2) is 8.42 Å². The van der Waals surface area contributed by atoms with E-state index in [9.17, 15) is 18.0 Å². The van der Waals surface area contributed by atoms with E-state index >= 15 is 0 Å². The van der Waals surface area contributed by atoms with Crippen LogP contribution in [0, 0.1) is 0 Å². The fourth-order valence-electron chi connectivity index (χ4n) is 3.99. The Bertz CT molecular complexity index is 1150. The van der Waals surface area contributed by atoms with Crippen LogP contribution in [-0.4, -0.2) is 55.7 Å². The first kappa shape index (κ1) is 23.0. The molecule has 32 heavy (non-hydrogen) atoms. The van der Waals surface area contributed by atoms with Crippen molar-refractivity contribution >= 4 is 50.9 Å². The van der Waals surface area contributed by atoms with Crippen LogP contribution in [0.5, 0.6) is 0 Å². The number of thiophene rings is 1. The highest BCUT2D eigenvalue weighted by Crippen LogP contribution is 2.23. The zero-order chi connectivity index (χ0) is 22.7. The summed E-state index contributed by atoms with van der Waals surface area (Å²) in [5, 5.41) is 1.04. The maximum Gasteiger partial charge on any atom is 0.242 e. The summed E-state index contributed by atoms with van der Waals surface area (Å²) in [5.41, 5.74) is 2.37. The number of rotatable bonds is 6. The molecule has 0 aliphatic carbocycles. The van der Waals surface area contributed by atoms with Crippen LogP contribution in [0.25, 0.3) is 6.08 Å². The quantitative estimate of drug-likeness (QED) is 0.670. The van der Waals surface area contributed by atoms with Crippen LogP contribution in [0.3, 0.4) is 0 Å². The highest BCUT2D eigenvalue weighted by molar-refractivity contribution is 7.92. The Kier molecular flexibility index (Phi) is 6.99. The molecule has 2 aliphatic rings. The Labute approximate surface area is 196 Å². The number of fused-ring (bicyclic) bond motifs is 1. The fraction of sp³-hybridized carbons (Fsp3) is 0.364. The molecule has 1 N–H and O–H groups in total. The van der Waals surface area contributed by atoms with E-state index in [0.29, 0.717) is 41.7 Å². The third-order valence-corrected chi connectivity index (χ3v) is 7.96. The Morgan fingerprint density at radius 3 is 2.72 bits per heavy atom. The molecule has 0 spiro atoms. The molecule has 1 saturated heterocycles. The van der Waals surface area contributed by atoms with E-state index in [1.165, 1.54) is 27.9 Å². The number of likely N-dealkylation sites (tertiary alicyclic amines) is 1. The molecule has 0 radical (unpaired) electrons. The molecule has 0 saturated carbocycles. The molecule has 170 valence electrons. The lowest BCUT2D eigenvalue weighted by Gasteiger charge is -2.35. The second-order valence-corrected chi connectivity index (χ2v) is 11.2. The third kappa shape index (κ3) is 5.58. The lowest BCUT2D eigenvalue weighted by molar-refractivity contribution is -0.143. The van der Waals surface area contributed by atoms with Gasteiger partial charge in [0.15, 0.2) is 0 Å². The van der Waals surface area contributed by atoms with Gasteiger partial charge in [0.2, 0.25) is 21.8 Å².